The predicted octanol–water partition coefficient (Wildman–Crippen LogP) is 6.44. The number of para-hydroxylation sites is 1. The molecule has 0 spiro atoms. The van der Waals surface area contributed by atoms with Gasteiger partial charge in [0.15, 0.2) is 5.69 Å². The molecule has 0 saturated heterocycles. The Labute approximate surface area is 222 Å². The number of fused-ring (bicyclic) bond motifs is 3. The zero-order chi connectivity index (χ0) is 25.1. The van der Waals surface area contributed by atoms with Crippen molar-refractivity contribution in [2.45, 2.75) is 31.8 Å². The van der Waals surface area contributed by atoms with Crippen LogP contribution in [0, 0.1) is 0 Å². The van der Waals surface area contributed by atoms with E-state index in [1.54, 1.807) is 4.90 Å². The predicted molar refractivity (Wildman–Crippen MR) is 143 cm³/mol. The van der Waals surface area contributed by atoms with Gasteiger partial charge in [-0.3, -0.25) is 9.69 Å². The highest BCUT2D eigenvalue weighted by atomic mass is 79.9. The third-order valence-corrected chi connectivity index (χ3v) is 6.94. The average molecular weight is 563 g/mol. The Morgan fingerprint density at radius 1 is 1.08 bits per heavy atom. The van der Waals surface area contributed by atoms with E-state index in [1.807, 2.05) is 79.7 Å². The SMILES string of the molecule is CCSc1nnc2c(n1)OC(c1ccc(OCc3ccccc3)c(Br)c1)N(C(C)=O)c1ccccc1-2. The van der Waals surface area contributed by atoms with E-state index in [-0.39, 0.29) is 5.91 Å². The summed E-state index contributed by atoms with van der Waals surface area (Å²) in [6.07, 6.45) is -0.763. The van der Waals surface area contributed by atoms with E-state index < -0.39 is 6.23 Å². The second-order valence-corrected chi connectivity index (χ2v) is 10.1. The molecule has 1 unspecified atom stereocenters. The van der Waals surface area contributed by atoms with E-state index in [1.165, 1.54) is 18.7 Å². The monoisotopic (exact) mass is 562 g/mol. The summed E-state index contributed by atoms with van der Waals surface area (Å²) in [4.78, 5) is 19.2. The van der Waals surface area contributed by atoms with Crippen LogP contribution in [0.5, 0.6) is 11.6 Å². The fraction of sp³-hybridized carbons (Fsp3) is 0.185. The second kappa shape index (κ2) is 10.7. The number of hydrogen-bond acceptors (Lipinski definition) is 7. The molecule has 3 aromatic carbocycles. The van der Waals surface area contributed by atoms with Gasteiger partial charge in [-0.15, -0.1) is 10.2 Å². The number of carbonyl (C=O) groups excluding carboxylic acids is 1. The lowest BCUT2D eigenvalue weighted by Gasteiger charge is -2.30. The zero-order valence-electron chi connectivity index (χ0n) is 19.7. The number of amides is 1. The Balaban J connectivity index is 1.54. The number of hydrogen-bond donors (Lipinski definition) is 0. The molecule has 2 heterocycles. The van der Waals surface area contributed by atoms with Crippen molar-refractivity contribution in [2.24, 2.45) is 0 Å². The normalized spacial score (nSPS) is 14.3. The van der Waals surface area contributed by atoms with Crippen molar-refractivity contribution in [2.75, 3.05) is 10.7 Å². The molecule has 9 heteroatoms. The summed E-state index contributed by atoms with van der Waals surface area (Å²) in [6, 6.07) is 23.2. The molecular formula is C27H23BrN4O3S. The topological polar surface area (TPSA) is 77.4 Å². The number of aromatic nitrogens is 3. The molecule has 1 aliphatic rings. The van der Waals surface area contributed by atoms with Gasteiger partial charge in [-0.2, -0.15) is 4.98 Å². The third kappa shape index (κ3) is 4.94. The molecule has 0 radical (unpaired) electrons. The van der Waals surface area contributed by atoms with Crippen LogP contribution in [0.25, 0.3) is 11.3 Å². The summed E-state index contributed by atoms with van der Waals surface area (Å²) >= 11 is 5.11. The molecule has 0 N–H and O–H groups in total. The summed E-state index contributed by atoms with van der Waals surface area (Å²) in [5, 5.41) is 9.20. The van der Waals surface area contributed by atoms with Crippen molar-refractivity contribution in [3.05, 3.63) is 88.4 Å². The van der Waals surface area contributed by atoms with E-state index in [2.05, 4.69) is 31.1 Å². The van der Waals surface area contributed by atoms with Gasteiger partial charge >= 0.3 is 0 Å². The van der Waals surface area contributed by atoms with Gasteiger partial charge in [-0.05, 0) is 51.5 Å². The number of nitrogens with zero attached hydrogens (tertiary/aromatic N) is 4. The van der Waals surface area contributed by atoms with Crippen LogP contribution in [0.3, 0.4) is 0 Å². The van der Waals surface area contributed by atoms with Gasteiger partial charge in [0.25, 0.3) is 0 Å². The number of benzene rings is 3. The summed E-state index contributed by atoms with van der Waals surface area (Å²) in [5.74, 6) is 1.66. The lowest BCUT2D eigenvalue weighted by atomic mass is 10.1. The number of thioether (sulfide) groups is 1. The fourth-order valence-electron chi connectivity index (χ4n) is 3.98. The molecule has 182 valence electrons. The van der Waals surface area contributed by atoms with Crippen molar-refractivity contribution in [3.63, 3.8) is 0 Å². The largest absolute Gasteiger partial charge is 0.488 e. The maximum Gasteiger partial charge on any atom is 0.247 e. The average Bonchev–Trinajstić information content (AvgIpc) is 3.03. The smallest absolute Gasteiger partial charge is 0.247 e. The Morgan fingerprint density at radius 2 is 1.86 bits per heavy atom. The summed E-state index contributed by atoms with van der Waals surface area (Å²) in [5.41, 5.74) is 3.75. The highest BCUT2D eigenvalue weighted by Gasteiger charge is 2.34. The minimum Gasteiger partial charge on any atom is -0.488 e. The number of ether oxygens (including phenoxy) is 2. The van der Waals surface area contributed by atoms with Gasteiger partial charge in [0, 0.05) is 18.1 Å². The quantitative estimate of drug-likeness (QED) is 0.250. The number of halogens is 1. The van der Waals surface area contributed by atoms with Crippen LogP contribution in [0.4, 0.5) is 5.69 Å². The lowest BCUT2D eigenvalue weighted by molar-refractivity contribution is -0.118. The van der Waals surface area contributed by atoms with Crippen molar-refractivity contribution in [1.82, 2.24) is 15.2 Å². The standard InChI is InChI=1S/C27H23BrN4O3S/c1-3-36-27-29-25-24(30-31-27)20-11-7-8-12-22(20)32(17(2)33)26(35-25)19-13-14-23(21(28)15-19)34-16-18-9-5-4-6-10-18/h4-15,26H,3,16H2,1-2H3. The van der Waals surface area contributed by atoms with Crippen LogP contribution in [-0.2, 0) is 11.4 Å². The van der Waals surface area contributed by atoms with Gasteiger partial charge in [-0.1, -0.05) is 67.2 Å². The van der Waals surface area contributed by atoms with E-state index in [0.29, 0.717) is 34.8 Å². The first-order valence-corrected chi connectivity index (χ1v) is 13.2. The van der Waals surface area contributed by atoms with E-state index in [4.69, 9.17) is 9.47 Å². The first kappa shape index (κ1) is 24.3. The Kier molecular flexibility index (Phi) is 7.20. The third-order valence-electron chi connectivity index (χ3n) is 5.60. The number of rotatable bonds is 6. The lowest BCUT2D eigenvalue weighted by Crippen LogP contribution is -2.36. The Bertz CT molecular complexity index is 1400. The summed E-state index contributed by atoms with van der Waals surface area (Å²) in [7, 11) is 0. The van der Waals surface area contributed by atoms with Crippen LogP contribution in [0.2, 0.25) is 0 Å². The molecule has 0 fully saturated rings. The van der Waals surface area contributed by atoms with Gasteiger partial charge in [-0.25, -0.2) is 0 Å². The first-order chi connectivity index (χ1) is 17.5. The van der Waals surface area contributed by atoms with Gasteiger partial charge in [0.1, 0.15) is 12.4 Å². The molecule has 1 aromatic heterocycles. The second-order valence-electron chi connectivity index (χ2n) is 8.02. The molecule has 0 bridgehead atoms. The molecule has 5 rings (SSSR count). The molecule has 4 aromatic rings. The van der Waals surface area contributed by atoms with Crippen LogP contribution in [0.15, 0.2) is 82.4 Å². The molecule has 7 nitrogen and oxygen atoms in total. The fourth-order valence-corrected chi connectivity index (χ4v) is 5.00. The van der Waals surface area contributed by atoms with Gasteiger partial charge < -0.3 is 9.47 Å². The highest BCUT2D eigenvalue weighted by molar-refractivity contribution is 9.10. The first-order valence-electron chi connectivity index (χ1n) is 11.4. The molecule has 36 heavy (non-hydrogen) atoms. The van der Waals surface area contributed by atoms with Crippen molar-refractivity contribution in [1.29, 1.82) is 0 Å². The van der Waals surface area contributed by atoms with Crippen molar-refractivity contribution < 1.29 is 14.3 Å². The maximum atomic E-state index is 13.0. The summed E-state index contributed by atoms with van der Waals surface area (Å²) < 4.78 is 13.2. The van der Waals surface area contributed by atoms with Crippen molar-refractivity contribution >= 4 is 39.3 Å². The van der Waals surface area contributed by atoms with E-state index in [9.17, 15) is 4.79 Å². The van der Waals surface area contributed by atoms with Gasteiger partial charge in [0.05, 0.1) is 10.2 Å². The van der Waals surface area contributed by atoms with E-state index in [0.717, 1.165) is 26.9 Å². The van der Waals surface area contributed by atoms with Crippen LogP contribution >= 0.6 is 27.7 Å². The van der Waals surface area contributed by atoms with Crippen LogP contribution < -0.4 is 14.4 Å². The Hall–Kier alpha value is -3.43. The van der Waals surface area contributed by atoms with Crippen molar-refractivity contribution in [3.8, 4) is 22.9 Å². The molecule has 1 aliphatic heterocycles. The molecule has 1 atom stereocenters. The minimum atomic E-state index is -0.763. The number of carbonyl (C=O) groups is 1. The molecule has 1 amide bonds. The molecule has 0 aliphatic carbocycles. The minimum absolute atomic E-state index is 0.170. The van der Waals surface area contributed by atoms with Crippen LogP contribution in [-0.4, -0.2) is 26.8 Å². The highest BCUT2D eigenvalue weighted by Crippen LogP contribution is 2.44. The molecular weight excluding hydrogens is 540 g/mol. The zero-order valence-corrected chi connectivity index (χ0v) is 22.1. The summed E-state index contributed by atoms with van der Waals surface area (Å²) in [6.45, 7) is 3.99. The van der Waals surface area contributed by atoms with Gasteiger partial charge in [0.2, 0.25) is 23.2 Å². The Morgan fingerprint density at radius 3 is 2.61 bits per heavy atom. The maximum absolute atomic E-state index is 13.0. The number of anilines is 1. The van der Waals surface area contributed by atoms with E-state index >= 15 is 0 Å². The molecule has 0 saturated carbocycles. The van der Waals surface area contributed by atoms with Crippen LogP contribution in [0.1, 0.15) is 31.2 Å².